The van der Waals surface area contributed by atoms with E-state index < -0.39 is 0 Å². The zero-order valence-electron chi connectivity index (χ0n) is 10.4. The van der Waals surface area contributed by atoms with Gasteiger partial charge in [0.15, 0.2) is 0 Å². The van der Waals surface area contributed by atoms with E-state index in [1.807, 2.05) is 6.92 Å². The minimum Gasteiger partial charge on any atom is -0.381 e. The van der Waals surface area contributed by atoms with Gasteiger partial charge in [0.25, 0.3) is 0 Å². The summed E-state index contributed by atoms with van der Waals surface area (Å²) < 4.78 is 5.32. The van der Waals surface area contributed by atoms with E-state index >= 15 is 0 Å². The molecule has 3 N–H and O–H groups in total. The van der Waals surface area contributed by atoms with Gasteiger partial charge in [0.2, 0.25) is 5.91 Å². The molecule has 0 spiro atoms. The van der Waals surface area contributed by atoms with E-state index in [0.29, 0.717) is 12.5 Å². The molecule has 16 heavy (non-hydrogen) atoms. The van der Waals surface area contributed by atoms with E-state index in [2.05, 4.69) is 12.2 Å². The average Bonchev–Trinajstić information content (AvgIpc) is 2.79. The van der Waals surface area contributed by atoms with E-state index in [0.717, 1.165) is 32.5 Å². The summed E-state index contributed by atoms with van der Waals surface area (Å²) in [7, 11) is 0. The molecule has 0 aromatic rings. The van der Waals surface area contributed by atoms with Crippen LogP contribution in [0.5, 0.6) is 0 Å². The number of amides is 1. The molecule has 0 aromatic carbocycles. The van der Waals surface area contributed by atoms with Gasteiger partial charge in [-0.05, 0) is 32.7 Å². The van der Waals surface area contributed by atoms with Crippen molar-refractivity contribution in [3.8, 4) is 0 Å². The molecule has 1 fully saturated rings. The van der Waals surface area contributed by atoms with Crippen molar-refractivity contribution in [2.24, 2.45) is 17.6 Å². The van der Waals surface area contributed by atoms with Gasteiger partial charge in [-0.15, -0.1) is 0 Å². The van der Waals surface area contributed by atoms with Gasteiger partial charge in [-0.25, -0.2) is 0 Å². The van der Waals surface area contributed by atoms with Crippen molar-refractivity contribution in [2.75, 3.05) is 19.8 Å². The van der Waals surface area contributed by atoms with Gasteiger partial charge in [-0.2, -0.15) is 0 Å². The fraction of sp³-hybridized carbons (Fsp3) is 0.917. The van der Waals surface area contributed by atoms with E-state index in [-0.39, 0.29) is 17.9 Å². The zero-order valence-corrected chi connectivity index (χ0v) is 10.4. The van der Waals surface area contributed by atoms with Gasteiger partial charge in [-0.3, -0.25) is 4.79 Å². The summed E-state index contributed by atoms with van der Waals surface area (Å²) in [5.41, 5.74) is 5.43. The summed E-state index contributed by atoms with van der Waals surface area (Å²) in [5.74, 6) is 0.687. The number of nitrogens with one attached hydrogen (secondary N) is 1. The van der Waals surface area contributed by atoms with Gasteiger partial charge >= 0.3 is 0 Å². The molecule has 0 aliphatic carbocycles. The van der Waals surface area contributed by atoms with Crippen LogP contribution in [0, 0.1) is 11.8 Å². The second kappa shape index (κ2) is 6.86. The summed E-state index contributed by atoms with van der Waals surface area (Å²) in [5, 5.41) is 3.07. The summed E-state index contributed by atoms with van der Waals surface area (Å²) >= 11 is 0. The number of rotatable bonds is 6. The molecular weight excluding hydrogens is 204 g/mol. The highest BCUT2D eigenvalue weighted by molar-refractivity contribution is 5.78. The molecule has 0 saturated carbocycles. The van der Waals surface area contributed by atoms with Crippen molar-refractivity contribution in [3.05, 3.63) is 0 Å². The summed E-state index contributed by atoms with van der Waals surface area (Å²) in [6.07, 6.45) is 2.84. The Morgan fingerprint density at radius 2 is 2.31 bits per heavy atom. The van der Waals surface area contributed by atoms with Crippen molar-refractivity contribution in [1.29, 1.82) is 0 Å². The second-order valence-corrected chi connectivity index (χ2v) is 4.75. The average molecular weight is 228 g/mol. The Labute approximate surface area is 97.9 Å². The third-order valence-corrected chi connectivity index (χ3v) is 3.33. The molecule has 3 unspecified atom stereocenters. The summed E-state index contributed by atoms with van der Waals surface area (Å²) in [6, 6.07) is 0.218. The molecule has 1 aliphatic rings. The second-order valence-electron chi connectivity index (χ2n) is 4.75. The van der Waals surface area contributed by atoms with Crippen LogP contribution in [0.25, 0.3) is 0 Å². The van der Waals surface area contributed by atoms with Crippen molar-refractivity contribution in [1.82, 2.24) is 5.32 Å². The van der Waals surface area contributed by atoms with Crippen LogP contribution < -0.4 is 11.1 Å². The number of hydrogen-bond acceptors (Lipinski definition) is 3. The van der Waals surface area contributed by atoms with Crippen molar-refractivity contribution >= 4 is 5.91 Å². The van der Waals surface area contributed by atoms with E-state index in [9.17, 15) is 4.79 Å². The minimum atomic E-state index is 0.0633. The highest BCUT2D eigenvalue weighted by Gasteiger charge is 2.24. The lowest BCUT2D eigenvalue weighted by molar-refractivity contribution is -0.125. The molecule has 0 bridgehead atoms. The fourth-order valence-electron chi connectivity index (χ4n) is 1.99. The lowest BCUT2D eigenvalue weighted by Gasteiger charge is -2.21. The first-order valence-corrected chi connectivity index (χ1v) is 6.23. The molecule has 1 aliphatic heterocycles. The number of ether oxygens (including phenoxy) is 1. The maximum Gasteiger partial charge on any atom is 0.223 e. The largest absolute Gasteiger partial charge is 0.381 e. The van der Waals surface area contributed by atoms with Crippen LogP contribution in [-0.2, 0) is 9.53 Å². The first-order valence-electron chi connectivity index (χ1n) is 6.23. The van der Waals surface area contributed by atoms with E-state index in [4.69, 9.17) is 10.5 Å². The predicted octanol–water partition coefficient (Wildman–Crippen LogP) is 0.903. The number of nitrogens with two attached hydrogens (primary N) is 1. The Balaban J connectivity index is 2.26. The molecule has 1 rings (SSSR count). The van der Waals surface area contributed by atoms with Gasteiger partial charge in [0, 0.05) is 24.5 Å². The first kappa shape index (κ1) is 13.5. The standard InChI is InChI=1S/C12H24N2O2/c1-9(4-3-6-13)12(15)14-10(2)11-5-7-16-8-11/h9-11H,3-8,13H2,1-2H3,(H,14,15). The summed E-state index contributed by atoms with van der Waals surface area (Å²) in [6.45, 7) is 6.28. The summed E-state index contributed by atoms with van der Waals surface area (Å²) in [4.78, 5) is 11.8. The van der Waals surface area contributed by atoms with E-state index in [1.165, 1.54) is 0 Å². The SMILES string of the molecule is CC(CCCN)C(=O)NC(C)C1CCOC1. The number of carbonyl (C=O) groups is 1. The maximum absolute atomic E-state index is 11.8. The lowest BCUT2D eigenvalue weighted by atomic mass is 9.98. The maximum atomic E-state index is 11.8. The third-order valence-electron chi connectivity index (χ3n) is 3.33. The molecule has 0 aromatic heterocycles. The van der Waals surface area contributed by atoms with Crippen molar-refractivity contribution in [2.45, 2.75) is 39.2 Å². The highest BCUT2D eigenvalue weighted by atomic mass is 16.5. The lowest BCUT2D eigenvalue weighted by Crippen LogP contribution is -2.41. The van der Waals surface area contributed by atoms with Gasteiger partial charge in [0.05, 0.1) is 6.61 Å². The van der Waals surface area contributed by atoms with Crippen molar-refractivity contribution in [3.63, 3.8) is 0 Å². The Hall–Kier alpha value is -0.610. The molecule has 1 heterocycles. The molecule has 1 amide bonds. The Kier molecular flexibility index (Phi) is 5.77. The van der Waals surface area contributed by atoms with Crippen LogP contribution in [0.2, 0.25) is 0 Å². The van der Waals surface area contributed by atoms with Crippen molar-refractivity contribution < 1.29 is 9.53 Å². The molecule has 0 radical (unpaired) electrons. The molecule has 3 atom stereocenters. The molecule has 94 valence electrons. The van der Waals surface area contributed by atoms with Crippen LogP contribution in [0.15, 0.2) is 0 Å². The highest BCUT2D eigenvalue weighted by Crippen LogP contribution is 2.17. The quantitative estimate of drug-likeness (QED) is 0.710. The molecule has 1 saturated heterocycles. The number of carbonyl (C=O) groups excluding carboxylic acids is 1. The molecular formula is C12H24N2O2. The van der Waals surface area contributed by atoms with Crippen LogP contribution in [0.1, 0.15) is 33.1 Å². The zero-order chi connectivity index (χ0) is 12.0. The van der Waals surface area contributed by atoms with Gasteiger partial charge in [-0.1, -0.05) is 6.92 Å². The normalized spacial score (nSPS) is 24.1. The minimum absolute atomic E-state index is 0.0633. The van der Waals surface area contributed by atoms with Crippen LogP contribution >= 0.6 is 0 Å². The third kappa shape index (κ3) is 4.10. The van der Waals surface area contributed by atoms with Crippen LogP contribution in [0.3, 0.4) is 0 Å². The predicted molar refractivity (Wildman–Crippen MR) is 64.0 cm³/mol. The monoisotopic (exact) mass is 228 g/mol. The number of hydrogen-bond donors (Lipinski definition) is 2. The topological polar surface area (TPSA) is 64.4 Å². The first-order chi connectivity index (χ1) is 7.65. The Morgan fingerprint density at radius 3 is 2.88 bits per heavy atom. The van der Waals surface area contributed by atoms with Crippen LogP contribution in [-0.4, -0.2) is 31.7 Å². The van der Waals surface area contributed by atoms with Gasteiger partial charge in [0.1, 0.15) is 0 Å². The fourth-order valence-corrected chi connectivity index (χ4v) is 1.99. The smallest absolute Gasteiger partial charge is 0.223 e. The molecule has 4 nitrogen and oxygen atoms in total. The molecule has 4 heteroatoms. The van der Waals surface area contributed by atoms with Gasteiger partial charge < -0.3 is 15.8 Å². The van der Waals surface area contributed by atoms with E-state index in [1.54, 1.807) is 0 Å². The van der Waals surface area contributed by atoms with Crippen LogP contribution in [0.4, 0.5) is 0 Å². The Morgan fingerprint density at radius 1 is 1.56 bits per heavy atom. The Bertz CT molecular complexity index is 215.